The van der Waals surface area contributed by atoms with E-state index in [1.54, 1.807) is 25.1 Å². The number of carbonyl (C=O) groups excluding carboxylic acids is 1. The Bertz CT molecular complexity index is 1200. The molecule has 0 saturated carbocycles. The minimum absolute atomic E-state index is 0.00795. The molecule has 3 aromatic carbocycles. The molecule has 0 fully saturated rings. The Morgan fingerprint density at radius 1 is 0.960 bits per heavy atom. The van der Waals surface area contributed by atoms with Gasteiger partial charge in [-0.05, 0) is 41.5 Å². The van der Waals surface area contributed by atoms with Crippen LogP contribution in [0.3, 0.4) is 0 Å². The van der Waals surface area contributed by atoms with Gasteiger partial charge in [-0.2, -0.15) is 0 Å². The average molecular weight is 330 g/mol. The zero-order valence-electron chi connectivity index (χ0n) is 13.4. The molecule has 0 aliphatic carbocycles. The Labute approximate surface area is 143 Å². The summed E-state index contributed by atoms with van der Waals surface area (Å²) in [4.78, 5) is 24.8. The molecule has 1 heterocycles. The molecule has 4 nitrogen and oxygen atoms in total. The third-order valence-corrected chi connectivity index (χ3v) is 4.34. The van der Waals surface area contributed by atoms with E-state index in [2.05, 4.69) is 0 Å². The van der Waals surface area contributed by atoms with E-state index >= 15 is 0 Å². The SMILES string of the molecule is Cc1cc(=O)oc2c(C(=O)c3ccc4ccccc4c3)c(O)ccc12. The van der Waals surface area contributed by atoms with Crippen LogP contribution in [-0.2, 0) is 0 Å². The van der Waals surface area contributed by atoms with Gasteiger partial charge in [-0.1, -0.05) is 36.4 Å². The Hall–Kier alpha value is -3.40. The molecular weight excluding hydrogens is 316 g/mol. The average Bonchev–Trinajstić information content (AvgIpc) is 2.60. The van der Waals surface area contributed by atoms with Gasteiger partial charge in [0, 0.05) is 17.0 Å². The number of aryl methyl sites for hydroxylation is 1. The van der Waals surface area contributed by atoms with Crippen LogP contribution in [0.1, 0.15) is 21.5 Å². The number of phenols is 1. The van der Waals surface area contributed by atoms with Crippen molar-refractivity contribution in [2.24, 2.45) is 0 Å². The van der Waals surface area contributed by atoms with Crippen LogP contribution in [0, 0.1) is 6.92 Å². The Morgan fingerprint density at radius 3 is 2.52 bits per heavy atom. The molecule has 122 valence electrons. The minimum Gasteiger partial charge on any atom is -0.507 e. The lowest BCUT2D eigenvalue weighted by Gasteiger charge is -2.09. The number of hydrogen-bond acceptors (Lipinski definition) is 4. The molecule has 4 heteroatoms. The van der Waals surface area contributed by atoms with Crippen LogP contribution in [0.2, 0.25) is 0 Å². The fourth-order valence-corrected chi connectivity index (χ4v) is 3.07. The summed E-state index contributed by atoms with van der Waals surface area (Å²) in [6.45, 7) is 1.76. The number of fused-ring (bicyclic) bond motifs is 2. The van der Waals surface area contributed by atoms with E-state index < -0.39 is 5.63 Å². The van der Waals surface area contributed by atoms with Crippen LogP contribution >= 0.6 is 0 Å². The first-order valence-corrected chi connectivity index (χ1v) is 7.84. The van der Waals surface area contributed by atoms with Gasteiger partial charge < -0.3 is 9.52 Å². The van der Waals surface area contributed by atoms with Gasteiger partial charge in [-0.25, -0.2) is 4.79 Å². The van der Waals surface area contributed by atoms with Crippen molar-refractivity contribution in [1.29, 1.82) is 0 Å². The van der Waals surface area contributed by atoms with Gasteiger partial charge in [-0.15, -0.1) is 0 Å². The van der Waals surface area contributed by atoms with Gasteiger partial charge in [0.15, 0.2) is 5.58 Å². The summed E-state index contributed by atoms with van der Waals surface area (Å²) in [7, 11) is 0. The Kier molecular flexibility index (Phi) is 3.39. The smallest absolute Gasteiger partial charge is 0.336 e. The predicted molar refractivity (Wildman–Crippen MR) is 96.3 cm³/mol. The van der Waals surface area contributed by atoms with E-state index in [4.69, 9.17) is 4.42 Å². The molecular formula is C21H14O4. The van der Waals surface area contributed by atoms with Crippen LogP contribution in [0.4, 0.5) is 0 Å². The molecule has 0 unspecified atom stereocenters. The van der Waals surface area contributed by atoms with E-state index in [9.17, 15) is 14.7 Å². The molecule has 25 heavy (non-hydrogen) atoms. The second-order valence-electron chi connectivity index (χ2n) is 5.98. The van der Waals surface area contributed by atoms with Crippen molar-refractivity contribution in [3.8, 4) is 5.75 Å². The highest BCUT2D eigenvalue weighted by Gasteiger charge is 2.20. The number of aromatic hydroxyl groups is 1. The quantitative estimate of drug-likeness (QED) is 0.442. The summed E-state index contributed by atoms with van der Waals surface area (Å²) in [6.07, 6.45) is 0. The highest BCUT2D eigenvalue weighted by molar-refractivity contribution is 6.18. The first-order chi connectivity index (χ1) is 12.0. The summed E-state index contributed by atoms with van der Waals surface area (Å²) in [5.74, 6) is -0.595. The molecule has 0 aliphatic heterocycles. The van der Waals surface area contributed by atoms with Crippen molar-refractivity contribution in [1.82, 2.24) is 0 Å². The van der Waals surface area contributed by atoms with Crippen LogP contribution in [0.15, 0.2) is 69.9 Å². The van der Waals surface area contributed by atoms with E-state index in [-0.39, 0.29) is 22.7 Å². The highest BCUT2D eigenvalue weighted by atomic mass is 16.4. The molecule has 4 rings (SSSR count). The van der Waals surface area contributed by atoms with Crippen LogP contribution in [0.25, 0.3) is 21.7 Å². The zero-order chi connectivity index (χ0) is 17.6. The second-order valence-corrected chi connectivity index (χ2v) is 5.98. The topological polar surface area (TPSA) is 67.5 Å². The summed E-state index contributed by atoms with van der Waals surface area (Å²) >= 11 is 0. The Morgan fingerprint density at radius 2 is 1.72 bits per heavy atom. The van der Waals surface area contributed by atoms with E-state index in [1.807, 2.05) is 30.3 Å². The number of ketones is 1. The molecule has 0 spiro atoms. The standard InChI is InChI=1S/C21H14O4/c1-12-10-18(23)25-21-16(12)8-9-17(22)19(21)20(24)15-7-6-13-4-2-3-5-14(13)11-15/h2-11,22H,1H3. The number of phenolic OH excluding ortho intramolecular Hbond substituents is 1. The second kappa shape index (κ2) is 5.60. The maximum absolute atomic E-state index is 13.0. The van der Waals surface area contributed by atoms with Crippen molar-refractivity contribution in [2.45, 2.75) is 6.92 Å². The van der Waals surface area contributed by atoms with Gasteiger partial charge in [0.1, 0.15) is 11.3 Å². The zero-order valence-corrected chi connectivity index (χ0v) is 13.4. The summed E-state index contributed by atoms with van der Waals surface area (Å²) < 4.78 is 5.25. The first-order valence-electron chi connectivity index (χ1n) is 7.84. The largest absolute Gasteiger partial charge is 0.507 e. The summed E-state index contributed by atoms with van der Waals surface area (Å²) in [6, 6.07) is 17.5. The maximum atomic E-state index is 13.0. The highest BCUT2D eigenvalue weighted by Crippen LogP contribution is 2.30. The van der Waals surface area contributed by atoms with Gasteiger partial charge >= 0.3 is 5.63 Å². The molecule has 0 radical (unpaired) electrons. The normalized spacial score (nSPS) is 11.1. The lowest BCUT2D eigenvalue weighted by atomic mass is 9.97. The first kappa shape index (κ1) is 15.1. The van der Waals surface area contributed by atoms with Gasteiger partial charge in [0.05, 0.1) is 0 Å². The van der Waals surface area contributed by atoms with Crippen LogP contribution in [-0.4, -0.2) is 10.9 Å². The molecule has 0 atom stereocenters. The van der Waals surface area contributed by atoms with Crippen molar-refractivity contribution in [3.63, 3.8) is 0 Å². The molecule has 4 aromatic rings. The number of rotatable bonds is 2. The fourth-order valence-electron chi connectivity index (χ4n) is 3.07. The Balaban J connectivity index is 1.97. The molecule has 1 N–H and O–H groups in total. The van der Waals surface area contributed by atoms with Gasteiger partial charge in [0.2, 0.25) is 5.78 Å². The van der Waals surface area contributed by atoms with Gasteiger partial charge in [-0.3, -0.25) is 4.79 Å². The molecule has 0 amide bonds. The number of carbonyl (C=O) groups is 1. The van der Waals surface area contributed by atoms with Crippen LogP contribution in [0.5, 0.6) is 5.75 Å². The van der Waals surface area contributed by atoms with Gasteiger partial charge in [0.25, 0.3) is 0 Å². The molecule has 0 saturated heterocycles. The lowest BCUT2D eigenvalue weighted by Crippen LogP contribution is -2.06. The summed E-state index contributed by atoms with van der Waals surface area (Å²) in [5.41, 5.74) is 0.685. The van der Waals surface area contributed by atoms with Crippen molar-refractivity contribution in [3.05, 3.63) is 87.8 Å². The minimum atomic E-state index is -0.553. The van der Waals surface area contributed by atoms with Crippen molar-refractivity contribution in [2.75, 3.05) is 0 Å². The molecule has 0 aliphatic rings. The van der Waals surface area contributed by atoms with E-state index in [0.717, 1.165) is 10.8 Å². The summed E-state index contributed by atoms with van der Waals surface area (Å²) in [5, 5.41) is 12.8. The monoisotopic (exact) mass is 330 g/mol. The van der Waals surface area contributed by atoms with Crippen molar-refractivity contribution >= 4 is 27.5 Å². The molecule has 0 bridgehead atoms. The van der Waals surface area contributed by atoms with Crippen LogP contribution < -0.4 is 5.63 Å². The molecule has 1 aromatic heterocycles. The maximum Gasteiger partial charge on any atom is 0.336 e. The van der Waals surface area contributed by atoms with Crippen molar-refractivity contribution < 1.29 is 14.3 Å². The van der Waals surface area contributed by atoms with E-state index in [0.29, 0.717) is 16.5 Å². The lowest BCUT2D eigenvalue weighted by molar-refractivity contribution is 0.103. The number of benzene rings is 3. The third kappa shape index (κ3) is 2.48. The fraction of sp³-hybridized carbons (Fsp3) is 0.0476. The third-order valence-electron chi connectivity index (χ3n) is 4.34. The van der Waals surface area contributed by atoms with E-state index in [1.165, 1.54) is 12.1 Å². The predicted octanol–water partition coefficient (Wildman–Crippen LogP) is 4.19. The number of hydrogen-bond donors (Lipinski definition) is 1.